The van der Waals surface area contributed by atoms with Crippen molar-refractivity contribution < 1.29 is 4.79 Å². The highest BCUT2D eigenvalue weighted by atomic mass is 32.1. The Morgan fingerprint density at radius 2 is 2.24 bits per heavy atom. The molecule has 110 valence electrons. The summed E-state index contributed by atoms with van der Waals surface area (Å²) >= 11 is 1.41. The molecule has 2 aromatic rings. The molecule has 1 unspecified atom stereocenters. The standard InChI is InChI=1S/C14H17N5OS/c1-9(20)17-11-4-7-19(8-11)14-12(13(15)18-21-14)10-2-5-16-6-3-10/h2-3,5-6,11H,4,7-8H2,1H3,(H2,15,18)(H,17,20). The van der Waals surface area contributed by atoms with E-state index in [1.807, 2.05) is 12.1 Å². The summed E-state index contributed by atoms with van der Waals surface area (Å²) in [6, 6.07) is 4.06. The van der Waals surface area contributed by atoms with Gasteiger partial charge in [-0.25, -0.2) is 0 Å². The number of carbonyl (C=O) groups excluding carboxylic acids is 1. The molecule has 1 aliphatic heterocycles. The van der Waals surface area contributed by atoms with Gasteiger partial charge in [0.25, 0.3) is 0 Å². The van der Waals surface area contributed by atoms with E-state index in [1.54, 1.807) is 19.3 Å². The minimum absolute atomic E-state index is 0.0139. The Kier molecular flexibility index (Phi) is 3.74. The molecule has 1 atom stereocenters. The van der Waals surface area contributed by atoms with Crippen LogP contribution in [0.15, 0.2) is 24.5 Å². The number of anilines is 2. The Balaban J connectivity index is 1.86. The van der Waals surface area contributed by atoms with Crippen molar-refractivity contribution in [1.82, 2.24) is 14.7 Å². The maximum absolute atomic E-state index is 11.2. The monoisotopic (exact) mass is 303 g/mol. The summed E-state index contributed by atoms with van der Waals surface area (Å²) in [6.07, 6.45) is 4.44. The van der Waals surface area contributed by atoms with E-state index in [1.165, 1.54) is 11.5 Å². The van der Waals surface area contributed by atoms with E-state index in [4.69, 9.17) is 5.73 Å². The summed E-state index contributed by atoms with van der Waals surface area (Å²) in [7, 11) is 0. The summed E-state index contributed by atoms with van der Waals surface area (Å²) < 4.78 is 4.29. The molecule has 1 aliphatic rings. The average Bonchev–Trinajstić information content (AvgIpc) is 3.05. The van der Waals surface area contributed by atoms with E-state index in [-0.39, 0.29) is 11.9 Å². The van der Waals surface area contributed by atoms with Gasteiger partial charge in [-0.05, 0) is 35.6 Å². The Morgan fingerprint density at radius 3 is 2.95 bits per heavy atom. The second-order valence-electron chi connectivity index (χ2n) is 5.12. The number of hydrogen-bond donors (Lipinski definition) is 2. The first-order valence-electron chi connectivity index (χ1n) is 6.82. The summed E-state index contributed by atoms with van der Waals surface area (Å²) in [4.78, 5) is 17.4. The van der Waals surface area contributed by atoms with E-state index in [0.717, 1.165) is 35.6 Å². The smallest absolute Gasteiger partial charge is 0.217 e. The third-order valence-electron chi connectivity index (χ3n) is 3.55. The number of nitrogens with one attached hydrogen (secondary N) is 1. The molecule has 0 spiro atoms. The average molecular weight is 303 g/mol. The summed E-state index contributed by atoms with van der Waals surface area (Å²) in [6.45, 7) is 3.24. The molecule has 0 radical (unpaired) electrons. The highest BCUT2D eigenvalue weighted by molar-refractivity contribution is 7.11. The van der Waals surface area contributed by atoms with Crippen molar-refractivity contribution in [3.8, 4) is 11.1 Å². The molecule has 6 nitrogen and oxygen atoms in total. The topological polar surface area (TPSA) is 84.1 Å². The number of rotatable bonds is 3. The molecule has 3 N–H and O–H groups in total. The molecule has 0 saturated carbocycles. The van der Waals surface area contributed by atoms with Gasteiger partial charge in [-0.2, -0.15) is 4.37 Å². The van der Waals surface area contributed by atoms with Gasteiger partial charge < -0.3 is 16.0 Å². The number of carbonyl (C=O) groups is 1. The van der Waals surface area contributed by atoms with Crippen molar-refractivity contribution in [1.29, 1.82) is 0 Å². The van der Waals surface area contributed by atoms with Crippen LogP contribution in [0.2, 0.25) is 0 Å². The Hall–Kier alpha value is -2.15. The van der Waals surface area contributed by atoms with Crippen molar-refractivity contribution in [2.75, 3.05) is 23.7 Å². The lowest BCUT2D eigenvalue weighted by atomic mass is 10.1. The van der Waals surface area contributed by atoms with Gasteiger partial charge in [0.15, 0.2) is 0 Å². The highest BCUT2D eigenvalue weighted by Crippen LogP contribution is 2.40. The van der Waals surface area contributed by atoms with Gasteiger partial charge in [0.2, 0.25) is 5.91 Å². The van der Waals surface area contributed by atoms with E-state index in [0.29, 0.717) is 5.82 Å². The summed E-state index contributed by atoms with van der Waals surface area (Å²) in [5, 5.41) is 4.03. The Bertz CT molecular complexity index is 642. The molecule has 3 heterocycles. The zero-order valence-electron chi connectivity index (χ0n) is 11.7. The lowest BCUT2D eigenvalue weighted by Crippen LogP contribution is -2.35. The molecule has 2 aromatic heterocycles. The number of nitrogen functional groups attached to an aromatic ring is 1. The van der Waals surface area contributed by atoms with Gasteiger partial charge >= 0.3 is 0 Å². The second-order valence-corrected chi connectivity index (χ2v) is 5.87. The lowest BCUT2D eigenvalue weighted by Gasteiger charge is -2.18. The molecule has 3 rings (SSSR count). The Morgan fingerprint density at radius 1 is 1.48 bits per heavy atom. The number of nitrogens with two attached hydrogens (primary N) is 1. The van der Waals surface area contributed by atoms with Crippen LogP contribution < -0.4 is 16.0 Å². The maximum Gasteiger partial charge on any atom is 0.217 e. The number of nitrogens with zero attached hydrogens (tertiary/aromatic N) is 3. The first kappa shape index (κ1) is 13.8. The highest BCUT2D eigenvalue weighted by Gasteiger charge is 2.27. The van der Waals surface area contributed by atoms with Crippen LogP contribution in [-0.2, 0) is 4.79 Å². The molecule has 21 heavy (non-hydrogen) atoms. The van der Waals surface area contributed by atoms with Gasteiger partial charge in [0.1, 0.15) is 10.8 Å². The number of hydrogen-bond acceptors (Lipinski definition) is 6. The van der Waals surface area contributed by atoms with Crippen LogP contribution in [-0.4, -0.2) is 34.4 Å². The van der Waals surface area contributed by atoms with E-state index in [9.17, 15) is 4.79 Å². The SMILES string of the molecule is CC(=O)NC1CCN(c2snc(N)c2-c2ccncc2)C1. The first-order chi connectivity index (χ1) is 10.1. The van der Waals surface area contributed by atoms with Gasteiger partial charge in [-0.1, -0.05) is 0 Å². The zero-order chi connectivity index (χ0) is 14.8. The molecule has 1 saturated heterocycles. The molecule has 1 fully saturated rings. The maximum atomic E-state index is 11.2. The molecular weight excluding hydrogens is 286 g/mol. The summed E-state index contributed by atoms with van der Waals surface area (Å²) in [5.74, 6) is 0.559. The van der Waals surface area contributed by atoms with Crippen LogP contribution in [0.25, 0.3) is 11.1 Å². The van der Waals surface area contributed by atoms with E-state index >= 15 is 0 Å². The van der Waals surface area contributed by atoms with Crippen molar-refractivity contribution in [3.63, 3.8) is 0 Å². The molecule has 0 bridgehead atoms. The van der Waals surface area contributed by atoms with Gasteiger partial charge in [-0.15, -0.1) is 0 Å². The van der Waals surface area contributed by atoms with Crippen LogP contribution in [0.5, 0.6) is 0 Å². The Labute approximate surface area is 127 Å². The largest absolute Gasteiger partial charge is 0.382 e. The molecule has 0 aliphatic carbocycles. The molecule has 7 heteroatoms. The van der Waals surface area contributed by atoms with Gasteiger partial charge in [0.05, 0.1) is 5.56 Å². The third kappa shape index (κ3) is 2.82. The predicted octanol–water partition coefficient (Wildman–Crippen LogP) is 1.50. The van der Waals surface area contributed by atoms with Crippen molar-refractivity contribution in [2.45, 2.75) is 19.4 Å². The van der Waals surface area contributed by atoms with Crippen molar-refractivity contribution in [2.24, 2.45) is 0 Å². The first-order valence-corrected chi connectivity index (χ1v) is 7.60. The van der Waals surface area contributed by atoms with E-state index < -0.39 is 0 Å². The lowest BCUT2D eigenvalue weighted by molar-refractivity contribution is -0.119. The number of aromatic nitrogens is 2. The quantitative estimate of drug-likeness (QED) is 0.897. The van der Waals surface area contributed by atoms with Crippen LogP contribution in [0, 0.1) is 0 Å². The van der Waals surface area contributed by atoms with Crippen LogP contribution in [0.4, 0.5) is 10.8 Å². The zero-order valence-corrected chi connectivity index (χ0v) is 12.6. The minimum atomic E-state index is 0.0139. The molecule has 0 aromatic carbocycles. The second kappa shape index (κ2) is 5.69. The van der Waals surface area contributed by atoms with Crippen LogP contribution >= 0.6 is 11.5 Å². The fraction of sp³-hybridized carbons (Fsp3) is 0.357. The molecular formula is C14H17N5OS. The van der Waals surface area contributed by atoms with Gasteiger partial charge in [-0.3, -0.25) is 9.78 Å². The normalized spacial score (nSPS) is 18.0. The summed E-state index contributed by atoms with van der Waals surface area (Å²) in [5.41, 5.74) is 8.03. The van der Waals surface area contributed by atoms with Crippen molar-refractivity contribution >= 4 is 28.3 Å². The van der Waals surface area contributed by atoms with Crippen molar-refractivity contribution in [3.05, 3.63) is 24.5 Å². The molecule has 1 amide bonds. The predicted molar refractivity (Wildman–Crippen MR) is 84.2 cm³/mol. The third-order valence-corrected chi connectivity index (χ3v) is 4.48. The number of amides is 1. The fourth-order valence-electron chi connectivity index (χ4n) is 2.65. The van der Waals surface area contributed by atoms with E-state index in [2.05, 4.69) is 19.6 Å². The minimum Gasteiger partial charge on any atom is -0.382 e. The van der Waals surface area contributed by atoms with Crippen LogP contribution in [0.1, 0.15) is 13.3 Å². The van der Waals surface area contributed by atoms with Gasteiger partial charge in [0, 0.05) is 38.4 Å². The number of pyridine rings is 1. The van der Waals surface area contributed by atoms with Crippen LogP contribution in [0.3, 0.4) is 0 Å². The fourth-order valence-corrected chi connectivity index (χ4v) is 3.52.